The van der Waals surface area contributed by atoms with Gasteiger partial charge in [-0.2, -0.15) is 0 Å². The van der Waals surface area contributed by atoms with E-state index in [0.717, 1.165) is 12.8 Å². The van der Waals surface area contributed by atoms with Crippen molar-refractivity contribution < 1.29 is 9.59 Å². The minimum absolute atomic E-state index is 0.0603. The highest BCUT2D eigenvalue weighted by Gasteiger charge is 2.20. The number of anilines is 1. The van der Waals surface area contributed by atoms with Crippen molar-refractivity contribution in [3.05, 3.63) is 23.0 Å². The monoisotopic (exact) mass is 284 g/mol. The van der Waals surface area contributed by atoms with Crippen LogP contribution in [0.1, 0.15) is 30.1 Å². The summed E-state index contributed by atoms with van der Waals surface area (Å²) < 4.78 is 0. The number of amides is 2. The van der Waals surface area contributed by atoms with Crippen LogP contribution in [0.3, 0.4) is 0 Å². The Morgan fingerprint density at radius 3 is 2.74 bits per heavy atom. The molecule has 19 heavy (non-hydrogen) atoms. The molecule has 0 fully saturated rings. The maximum atomic E-state index is 12.3. The molecule has 0 bridgehead atoms. The van der Waals surface area contributed by atoms with Gasteiger partial charge in [0.15, 0.2) is 0 Å². The quantitative estimate of drug-likeness (QED) is 0.762. The SMILES string of the molecule is CCCCN(CC(N)=O)C(=O)c1cc(N)cnc1Cl. The van der Waals surface area contributed by atoms with E-state index in [1.54, 1.807) is 0 Å². The lowest BCUT2D eigenvalue weighted by Gasteiger charge is -2.21. The molecular formula is C12H17ClN4O2. The number of halogens is 1. The second kappa shape index (κ2) is 6.94. The van der Waals surface area contributed by atoms with Crippen molar-refractivity contribution in [3.63, 3.8) is 0 Å². The van der Waals surface area contributed by atoms with E-state index in [4.69, 9.17) is 23.1 Å². The van der Waals surface area contributed by atoms with Gasteiger partial charge in [0.05, 0.1) is 24.0 Å². The van der Waals surface area contributed by atoms with E-state index in [2.05, 4.69) is 4.98 Å². The van der Waals surface area contributed by atoms with Gasteiger partial charge in [0.25, 0.3) is 5.91 Å². The zero-order valence-electron chi connectivity index (χ0n) is 10.7. The molecule has 0 aliphatic rings. The minimum atomic E-state index is -0.572. The van der Waals surface area contributed by atoms with Crippen LogP contribution in [0.25, 0.3) is 0 Å². The summed E-state index contributed by atoms with van der Waals surface area (Å²) in [5.74, 6) is -0.963. The summed E-state index contributed by atoms with van der Waals surface area (Å²) in [4.78, 5) is 28.5. The number of pyridine rings is 1. The number of nitrogens with two attached hydrogens (primary N) is 2. The van der Waals surface area contributed by atoms with Gasteiger partial charge in [0.2, 0.25) is 5.91 Å². The van der Waals surface area contributed by atoms with E-state index in [-0.39, 0.29) is 17.3 Å². The Morgan fingerprint density at radius 2 is 2.16 bits per heavy atom. The molecule has 0 saturated carbocycles. The summed E-state index contributed by atoms with van der Waals surface area (Å²) in [6.45, 7) is 2.27. The third-order valence-electron chi connectivity index (χ3n) is 2.51. The van der Waals surface area contributed by atoms with Gasteiger partial charge in [-0.25, -0.2) is 4.98 Å². The van der Waals surface area contributed by atoms with E-state index in [1.165, 1.54) is 17.2 Å². The van der Waals surface area contributed by atoms with Crippen molar-refractivity contribution in [1.82, 2.24) is 9.88 Å². The predicted molar refractivity (Wildman–Crippen MR) is 73.7 cm³/mol. The van der Waals surface area contributed by atoms with Gasteiger partial charge in [0, 0.05) is 6.54 Å². The fourth-order valence-electron chi connectivity index (χ4n) is 1.57. The number of rotatable bonds is 6. The van der Waals surface area contributed by atoms with Crippen LogP contribution in [-0.2, 0) is 4.79 Å². The first-order valence-electron chi connectivity index (χ1n) is 5.94. The Bertz CT molecular complexity index is 479. The number of hydrogen-bond acceptors (Lipinski definition) is 4. The third-order valence-corrected chi connectivity index (χ3v) is 2.81. The van der Waals surface area contributed by atoms with Gasteiger partial charge in [-0.05, 0) is 12.5 Å². The number of nitrogen functional groups attached to an aromatic ring is 1. The van der Waals surface area contributed by atoms with Crippen molar-refractivity contribution in [3.8, 4) is 0 Å². The zero-order chi connectivity index (χ0) is 14.4. The second-order valence-corrected chi connectivity index (χ2v) is 4.51. The Balaban J connectivity index is 2.97. The van der Waals surface area contributed by atoms with Crippen molar-refractivity contribution >= 4 is 29.1 Å². The molecule has 0 radical (unpaired) electrons. The minimum Gasteiger partial charge on any atom is -0.397 e. The molecule has 4 N–H and O–H groups in total. The molecule has 104 valence electrons. The van der Waals surface area contributed by atoms with Crippen LogP contribution in [0.5, 0.6) is 0 Å². The summed E-state index contributed by atoms with van der Waals surface area (Å²) in [5, 5.41) is 0.0603. The predicted octanol–water partition coefficient (Wildman–Crippen LogP) is 1.04. The van der Waals surface area contributed by atoms with E-state index in [1.807, 2.05) is 6.92 Å². The average molecular weight is 285 g/mol. The van der Waals surface area contributed by atoms with E-state index < -0.39 is 11.8 Å². The normalized spacial score (nSPS) is 10.2. The number of unbranched alkanes of at least 4 members (excludes halogenated alkanes) is 1. The Labute approximate surface area is 116 Å². The zero-order valence-corrected chi connectivity index (χ0v) is 11.5. The maximum Gasteiger partial charge on any atom is 0.257 e. The molecule has 1 rings (SSSR count). The summed E-state index contributed by atoms with van der Waals surface area (Å²) in [7, 11) is 0. The number of nitrogens with zero attached hydrogens (tertiary/aromatic N) is 2. The summed E-state index contributed by atoms with van der Waals surface area (Å²) in [6, 6.07) is 1.44. The Kier molecular flexibility index (Phi) is 5.57. The molecule has 1 aromatic rings. The molecule has 0 unspecified atom stereocenters. The highest BCUT2D eigenvalue weighted by Crippen LogP contribution is 2.18. The Hall–Kier alpha value is -1.82. The van der Waals surface area contributed by atoms with Crippen LogP contribution in [0.4, 0.5) is 5.69 Å². The number of primary amides is 1. The fourth-order valence-corrected chi connectivity index (χ4v) is 1.76. The van der Waals surface area contributed by atoms with Gasteiger partial charge in [-0.15, -0.1) is 0 Å². The Morgan fingerprint density at radius 1 is 1.47 bits per heavy atom. The smallest absolute Gasteiger partial charge is 0.257 e. The van der Waals surface area contributed by atoms with Gasteiger partial charge in [-0.3, -0.25) is 9.59 Å². The maximum absolute atomic E-state index is 12.3. The van der Waals surface area contributed by atoms with E-state index in [9.17, 15) is 9.59 Å². The van der Waals surface area contributed by atoms with Crippen LogP contribution < -0.4 is 11.5 Å². The highest BCUT2D eigenvalue weighted by atomic mass is 35.5. The van der Waals surface area contributed by atoms with E-state index in [0.29, 0.717) is 12.2 Å². The number of carbonyl (C=O) groups excluding carboxylic acids is 2. The molecule has 6 nitrogen and oxygen atoms in total. The first kappa shape index (κ1) is 15.2. The summed E-state index contributed by atoms with van der Waals surface area (Å²) in [5.41, 5.74) is 11.2. The molecule has 0 spiro atoms. The molecule has 0 aliphatic heterocycles. The molecule has 0 saturated heterocycles. The first-order valence-corrected chi connectivity index (χ1v) is 6.32. The van der Waals surface area contributed by atoms with Crippen molar-refractivity contribution in [1.29, 1.82) is 0 Å². The lowest BCUT2D eigenvalue weighted by atomic mass is 10.2. The van der Waals surface area contributed by atoms with Crippen LogP contribution in [-0.4, -0.2) is 34.8 Å². The number of hydrogen-bond donors (Lipinski definition) is 2. The number of aromatic nitrogens is 1. The van der Waals surface area contributed by atoms with Crippen molar-refractivity contribution in [2.45, 2.75) is 19.8 Å². The van der Waals surface area contributed by atoms with Gasteiger partial charge < -0.3 is 16.4 Å². The van der Waals surface area contributed by atoms with Crippen molar-refractivity contribution in [2.24, 2.45) is 5.73 Å². The molecule has 2 amide bonds. The molecule has 1 aromatic heterocycles. The second-order valence-electron chi connectivity index (χ2n) is 4.15. The summed E-state index contributed by atoms with van der Waals surface area (Å²) in [6.07, 6.45) is 3.03. The lowest BCUT2D eigenvalue weighted by molar-refractivity contribution is -0.118. The van der Waals surface area contributed by atoms with Crippen LogP contribution in [0.2, 0.25) is 5.15 Å². The molecule has 7 heteroatoms. The van der Waals surface area contributed by atoms with Gasteiger partial charge in [0.1, 0.15) is 5.15 Å². The summed E-state index contributed by atoms with van der Waals surface area (Å²) >= 11 is 5.88. The lowest BCUT2D eigenvalue weighted by Crippen LogP contribution is -2.39. The molecule has 1 heterocycles. The van der Waals surface area contributed by atoms with E-state index >= 15 is 0 Å². The van der Waals surface area contributed by atoms with Crippen molar-refractivity contribution in [2.75, 3.05) is 18.8 Å². The third kappa shape index (κ3) is 4.40. The number of carbonyl (C=O) groups is 2. The fraction of sp³-hybridized carbons (Fsp3) is 0.417. The average Bonchev–Trinajstić information content (AvgIpc) is 2.36. The highest BCUT2D eigenvalue weighted by molar-refractivity contribution is 6.32. The van der Waals surface area contributed by atoms with Gasteiger partial charge >= 0.3 is 0 Å². The van der Waals surface area contributed by atoms with Gasteiger partial charge in [-0.1, -0.05) is 24.9 Å². The molecule has 0 aromatic carbocycles. The first-order chi connectivity index (χ1) is 8.95. The largest absolute Gasteiger partial charge is 0.397 e. The topological polar surface area (TPSA) is 102 Å². The van der Waals surface area contributed by atoms with Crippen LogP contribution >= 0.6 is 11.6 Å². The van der Waals surface area contributed by atoms with Crippen LogP contribution in [0.15, 0.2) is 12.3 Å². The molecular weight excluding hydrogens is 268 g/mol. The molecule has 0 atom stereocenters. The standard InChI is InChI=1S/C12H17ClN4O2/c1-2-3-4-17(7-10(15)18)12(19)9-5-8(14)6-16-11(9)13/h5-6H,2-4,7,14H2,1H3,(H2,15,18). The molecule has 0 aliphatic carbocycles. The van der Waals surface area contributed by atoms with Crippen LogP contribution in [0, 0.1) is 0 Å².